The van der Waals surface area contributed by atoms with Crippen LogP contribution in [0.1, 0.15) is 156 Å². The molecule has 0 bridgehead atoms. The maximum Gasteiger partial charge on any atom is 0.0462 e. The molecule has 7 aromatic carbocycles. The molecule has 10 rings (SSSR count). The third-order valence-electron chi connectivity index (χ3n) is 15.8. The first kappa shape index (κ1) is 44.0. The Morgan fingerprint density at radius 1 is 0.273 bits per heavy atom. The molecule has 0 saturated heterocycles. The molecule has 3 aliphatic carbocycles. The second-order valence-electron chi connectivity index (χ2n) is 19.9. The van der Waals surface area contributed by atoms with Crippen LogP contribution < -0.4 is 9.80 Å². The summed E-state index contributed by atoms with van der Waals surface area (Å²) in [4.78, 5) is 4.85. The van der Waals surface area contributed by atoms with Gasteiger partial charge in [-0.3, -0.25) is 0 Å². The number of hydrogen-bond acceptors (Lipinski definition) is 2. The highest BCUT2D eigenvalue weighted by Crippen LogP contribution is 2.47. The first-order valence-electron chi connectivity index (χ1n) is 25.9. The average molecular weight is 867 g/mol. The Morgan fingerprint density at radius 2 is 0.561 bits per heavy atom. The van der Waals surface area contributed by atoms with Crippen molar-refractivity contribution in [2.24, 2.45) is 0 Å². The maximum atomic E-state index is 2.44. The molecule has 0 heterocycles. The van der Waals surface area contributed by atoms with Gasteiger partial charge in [0, 0.05) is 39.5 Å². The van der Waals surface area contributed by atoms with Gasteiger partial charge in [0.05, 0.1) is 0 Å². The van der Waals surface area contributed by atoms with Crippen molar-refractivity contribution < 1.29 is 0 Å². The van der Waals surface area contributed by atoms with Crippen molar-refractivity contribution in [3.63, 3.8) is 0 Å². The molecule has 7 aromatic rings. The predicted octanol–water partition coefficient (Wildman–Crippen LogP) is 19.2. The Morgan fingerprint density at radius 3 is 0.955 bits per heavy atom. The summed E-state index contributed by atoms with van der Waals surface area (Å²) in [6, 6.07) is 69.3. The summed E-state index contributed by atoms with van der Waals surface area (Å²) in [5, 5.41) is 0. The molecule has 3 saturated carbocycles. The molecule has 0 radical (unpaired) electrons. The summed E-state index contributed by atoms with van der Waals surface area (Å²) in [6.07, 6.45) is 25.3. The zero-order valence-corrected chi connectivity index (χ0v) is 39.3. The topological polar surface area (TPSA) is 6.48 Å². The van der Waals surface area contributed by atoms with E-state index in [1.54, 1.807) is 0 Å². The third-order valence-corrected chi connectivity index (χ3v) is 15.8. The lowest BCUT2D eigenvalue weighted by Crippen LogP contribution is -2.30. The minimum Gasteiger partial charge on any atom is -0.311 e. The zero-order valence-electron chi connectivity index (χ0n) is 39.3. The zero-order chi connectivity index (χ0) is 44.4. The van der Waals surface area contributed by atoms with E-state index in [2.05, 4.69) is 192 Å². The quantitative estimate of drug-likeness (QED) is 0.128. The van der Waals surface area contributed by atoms with E-state index in [9.17, 15) is 0 Å². The molecule has 0 aromatic heterocycles. The number of para-hydroxylation sites is 2. The fourth-order valence-corrected chi connectivity index (χ4v) is 12.0. The number of nitrogens with zero attached hydrogens (tertiary/aromatic N) is 2. The summed E-state index contributed by atoms with van der Waals surface area (Å²) >= 11 is 0. The summed E-state index contributed by atoms with van der Waals surface area (Å²) < 4.78 is 0. The molecule has 0 N–H and O–H groups in total. The van der Waals surface area contributed by atoms with Gasteiger partial charge in [-0.1, -0.05) is 193 Å². The molecular weight excluding hydrogens is 797 g/mol. The van der Waals surface area contributed by atoms with Crippen LogP contribution in [0.5, 0.6) is 0 Å². The minimum absolute atomic E-state index is 0.0175. The van der Waals surface area contributed by atoms with Crippen molar-refractivity contribution >= 4 is 34.1 Å². The molecule has 0 aliphatic heterocycles. The summed E-state index contributed by atoms with van der Waals surface area (Å²) in [7, 11) is 0. The van der Waals surface area contributed by atoms with E-state index >= 15 is 0 Å². The summed E-state index contributed by atoms with van der Waals surface area (Å²) in [6.45, 7) is 0. The fourth-order valence-electron chi connectivity index (χ4n) is 12.0. The van der Waals surface area contributed by atoms with Gasteiger partial charge in [0.15, 0.2) is 0 Å². The highest BCUT2D eigenvalue weighted by Gasteiger charge is 2.36. The Balaban J connectivity index is 0.911. The van der Waals surface area contributed by atoms with Crippen LogP contribution in [0.4, 0.5) is 34.1 Å². The summed E-state index contributed by atoms with van der Waals surface area (Å²) in [5.74, 6) is 1.40. The van der Waals surface area contributed by atoms with E-state index in [-0.39, 0.29) is 5.41 Å². The van der Waals surface area contributed by atoms with E-state index in [0.29, 0.717) is 11.8 Å². The Hall–Kier alpha value is -5.86. The van der Waals surface area contributed by atoms with Gasteiger partial charge >= 0.3 is 0 Å². The SMILES string of the molecule is c1ccc(N(c2ccc(-c3ccc(C4CCCCCCC4)cc3)cc2)c2ccc(C3(c4ccc(N(c5ccccc5)c5ccc(C6CCCCCCC6)cc5)cc4)CCCCC3)cc2)cc1. The van der Waals surface area contributed by atoms with E-state index in [4.69, 9.17) is 0 Å². The van der Waals surface area contributed by atoms with Gasteiger partial charge in [0.2, 0.25) is 0 Å². The molecular formula is C64H70N2. The average Bonchev–Trinajstić information content (AvgIpc) is 3.36. The molecule has 0 unspecified atom stereocenters. The van der Waals surface area contributed by atoms with Gasteiger partial charge in [-0.05, 0) is 157 Å². The van der Waals surface area contributed by atoms with Crippen LogP contribution in [0, 0.1) is 0 Å². The van der Waals surface area contributed by atoms with Crippen molar-refractivity contribution in [1.29, 1.82) is 0 Å². The molecule has 2 nitrogen and oxygen atoms in total. The fraction of sp³-hybridized carbons (Fsp3) is 0.344. The van der Waals surface area contributed by atoms with Gasteiger partial charge in [0.25, 0.3) is 0 Å². The first-order valence-corrected chi connectivity index (χ1v) is 25.9. The van der Waals surface area contributed by atoms with Crippen molar-refractivity contribution in [1.82, 2.24) is 0 Å². The molecule has 3 fully saturated rings. The van der Waals surface area contributed by atoms with Crippen LogP contribution in [0.3, 0.4) is 0 Å². The second kappa shape index (κ2) is 21.2. The molecule has 2 heteroatoms. The van der Waals surface area contributed by atoms with Crippen LogP contribution in [-0.4, -0.2) is 0 Å². The van der Waals surface area contributed by atoms with Crippen molar-refractivity contribution in [3.8, 4) is 11.1 Å². The Labute approximate surface area is 396 Å². The molecule has 0 amide bonds. The van der Waals surface area contributed by atoms with Gasteiger partial charge in [-0.2, -0.15) is 0 Å². The van der Waals surface area contributed by atoms with Crippen molar-refractivity contribution in [2.75, 3.05) is 9.80 Å². The monoisotopic (exact) mass is 867 g/mol. The normalized spacial score (nSPS) is 17.5. The number of benzene rings is 7. The Bertz CT molecular complexity index is 2520. The van der Waals surface area contributed by atoms with Crippen LogP contribution in [0.2, 0.25) is 0 Å². The van der Waals surface area contributed by atoms with Crippen molar-refractivity contribution in [3.05, 3.63) is 204 Å². The van der Waals surface area contributed by atoms with E-state index in [1.807, 2.05) is 0 Å². The van der Waals surface area contributed by atoms with Crippen LogP contribution in [0.15, 0.2) is 182 Å². The number of anilines is 6. The lowest BCUT2D eigenvalue weighted by atomic mass is 9.65. The largest absolute Gasteiger partial charge is 0.311 e. The number of hydrogen-bond donors (Lipinski definition) is 0. The predicted molar refractivity (Wildman–Crippen MR) is 282 cm³/mol. The smallest absolute Gasteiger partial charge is 0.0462 e. The highest BCUT2D eigenvalue weighted by molar-refractivity contribution is 5.79. The van der Waals surface area contributed by atoms with Crippen LogP contribution in [0.25, 0.3) is 11.1 Å². The standard InChI is InChI=1S/C64H70N2/c1-3-10-20-50(21-11-4-1)52-28-30-53(31-29-52)55-34-42-61(43-35-55)66(59-26-16-8-17-27-59)63-46-38-57(39-47-63)64(48-18-9-19-49-64)56-36-44-62(45-37-56)65(58-24-14-7-15-25-58)60-40-32-54(33-41-60)51-22-12-5-2-6-13-23-51/h7-8,14-17,24-47,50-51H,1-6,9-13,18-23,48-49H2. The van der Waals surface area contributed by atoms with Gasteiger partial charge < -0.3 is 9.80 Å². The third kappa shape index (κ3) is 9.95. The number of rotatable bonds is 11. The van der Waals surface area contributed by atoms with Gasteiger partial charge in [0.1, 0.15) is 0 Å². The minimum atomic E-state index is -0.0175. The van der Waals surface area contributed by atoms with Gasteiger partial charge in [-0.25, -0.2) is 0 Å². The lowest BCUT2D eigenvalue weighted by Gasteiger charge is -2.39. The highest BCUT2D eigenvalue weighted by atomic mass is 15.1. The van der Waals surface area contributed by atoms with E-state index in [0.717, 1.165) is 0 Å². The van der Waals surface area contributed by atoms with Gasteiger partial charge in [-0.15, -0.1) is 0 Å². The second-order valence-corrected chi connectivity index (χ2v) is 19.9. The lowest BCUT2D eigenvalue weighted by molar-refractivity contribution is 0.346. The maximum absolute atomic E-state index is 2.44. The van der Waals surface area contributed by atoms with Crippen LogP contribution >= 0.6 is 0 Å². The van der Waals surface area contributed by atoms with E-state index < -0.39 is 0 Å². The van der Waals surface area contributed by atoms with Crippen LogP contribution in [-0.2, 0) is 5.41 Å². The molecule has 0 atom stereocenters. The van der Waals surface area contributed by atoms with E-state index in [1.165, 1.54) is 190 Å². The Kier molecular flexibility index (Phi) is 14.1. The van der Waals surface area contributed by atoms with Crippen molar-refractivity contribution in [2.45, 2.75) is 139 Å². The molecule has 336 valence electrons. The molecule has 66 heavy (non-hydrogen) atoms. The molecule has 3 aliphatic rings. The summed E-state index contributed by atoms with van der Waals surface area (Å²) in [5.41, 5.74) is 15.6. The molecule has 0 spiro atoms. The first-order chi connectivity index (χ1) is 32.7.